The molecule has 144 valence electrons. The lowest BCUT2D eigenvalue weighted by Gasteiger charge is -2.33. The fourth-order valence-electron chi connectivity index (χ4n) is 3.51. The SMILES string of the molecule is O=C(CN1C(=O)/C(=C/c2ccc(Cl)cc2)Sc2ccccc21)N1CCCCC1. The minimum absolute atomic E-state index is 0.0144. The number of thioether (sulfide) groups is 1. The highest BCUT2D eigenvalue weighted by molar-refractivity contribution is 8.04. The Kier molecular flexibility index (Phi) is 5.74. The van der Waals surface area contributed by atoms with Gasteiger partial charge in [0, 0.05) is 23.0 Å². The minimum atomic E-state index is -0.135. The smallest absolute Gasteiger partial charge is 0.265 e. The van der Waals surface area contributed by atoms with Crippen LogP contribution >= 0.6 is 23.4 Å². The summed E-state index contributed by atoms with van der Waals surface area (Å²) in [5.74, 6) is -0.121. The highest BCUT2D eigenvalue weighted by Gasteiger charge is 2.31. The monoisotopic (exact) mass is 412 g/mol. The average Bonchev–Trinajstić information content (AvgIpc) is 2.73. The van der Waals surface area contributed by atoms with Crippen molar-refractivity contribution in [2.75, 3.05) is 24.5 Å². The Hall–Kier alpha value is -2.24. The molecule has 2 aliphatic heterocycles. The van der Waals surface area contributed by atoms with Crippen molar-refractivity contribution in [1.29, 1.82) is 0 Å². The molecule has 2 aromatic rings. The van der Waals surface area contributed by atoms with Gasteiger partial charge in [0.15, 0.2) is 0 Å². The molecule has 0 radical (unpaired) electrons. The van der Waals surface area contributed by atoms with Crippen LogP contribution in [0.2, 0.25) is 5.02 Å². The van der Waals surface area contributed by atoms with Crippen molar-refractivity contribution in [2.24, 2.45) is 0 Å². The van der Waals surface area contributed by atoms with E-state index in [1.54, 1.807) is 17.0 Å². The third-order valence-electron chi connectivity index (χ3n) is 5.00. The molecule has 2 heterocycles. The van der Waals surface area contributed by atoms with Crippen molar-refractivity contribution in [3.8, 4) is 0 Å². The molecule has 0 saturated carbocycles. The Balaban J connectivity index is 1.63. The fraction of sp³-hybridized carbons (Fsp3) is 0.273. The van der Waals surface area contributed by atoms with Gasteiger partial charge in [-0.1, -0.05) is 47.6 Å². The van der Waals surface area contributed by atoms with Gasteiger partial charge in [0.2, 0.25) is 5.91 Å². The first kappa shape index (κ1) is 19.1. The lowest BCUT2D eigenvalue weighted by atomic mass is 10.1. The summed E-state index contributed by atoms with van der Waals surface area (Å²) in [6, 6.07) is 15.1. The molecule has 0 aliphatic carbocycles. The molecule has 1 saturated heterocycles. The Morgan fingerprint density at radius 3 is 2.50 bits per heavy atom. The quantitative estimate of drug-likeness (QED) is 0.678. The lowest BCUT2D eigenvalue weighted by molar-refractivity contribution is -0.131. The van der Waals surface area contributed by atoms with Crippen molar-refractivity contribution in [1.82, 2.24) is 4.90 Å². The minimum Gasteiger partial charge on any atom is -0.341 e. The predicted octanol–water partition coefficient (Wildman–Crippen LogP) is 4.83. The first-order chi connectivity index (χ1) is 13.6. The second-order valence-electron chi connectivity index (χ2n) is 6.96. The molecule has 28 heavy (non-hydrogen) atoms. The molecule has 2 aromatic carbocycles. The van der Waals surface area contributed by atoms with Gasteiger partial charge in [0.25, 0.3) is 5.91 Å². The summed E-state index contributed by atoms with van der Waals surface area (Å²) in [7, 11) is 0. The molecule has 2 aliphatic rings. The van der Waals surface area contributed by atoms with Gasteiger partial charge in [-0.3, -0.25) is 14.5 Å². The van der Waals surface area contributed by atoms with Crippen LogP contribution in [0.1, 0.15) is 24.8 Å². The summed E-state index contributed by atoms with van der Waals surface area (Å²) in [5, 5.41) is 0.656. The maximum atomic E-state index is 13.2. The van der Waals surface area contributed by atoms with Crippen molar-refractivity contribution in [3.05, 3.63) is 64.0 Å². The van der Waals surface area contributed by atoms with Crippen LogP contribution in [0.3, 0.4) is 0 Å². The summed E-state index contributed by atoms with van der Waals surface area (Å²) in [5.41, 5.74) is 1.71. The number of carbonyl (C=O) groups excluding carboxylic acids is 2. The average molecular weight is 413 g/mol. The van der Waals surface area contributed by atoms with Crippen LogP contribution < -0.4 is 4.90 Å². The normalized spacial score (nSPS) is 18.3. The molecule has 2 amide bonds. The van der Waals surface area contributed by atoms with Crippen LogP contribution in [-0.2, 0) is 9.59 Å². The number of piperidine rings is 1. The van der Waals surface area contributed by atoms with E-state index in [4.69, 9.17) is 11.6 Å². The van der Waals surface area contributed by atoms with Crippen LogP contribution in [0, 0.1) is 0 Å². The van der Waals surface area contributed by atoms with E-state index >= 15 is 0 Å². The highest BCUT2D eigenvalue weighted by Crippen LogP contribution is 2.42. The van der Waals surface area contributed by atoms with Crippen molar-refractivity contribution in [3.63, 3.8) is 0 Å². The zero-order valence-corrected chi connectivity index (χ0v) is 17.0. The van der Waals surface area contributed by atoms with E-state index in [0.29, 0.717) is 9.93 Å². The maximum absolute atomic E-state index is 13.2. The second-order valence-corrected chi connectivity index (χ2v) is 8.48. The molecule has 0 bridgehead atoms. The second kappa shape index (κ2) is 8.41. The summed E-state index contributed by atoms with van der Waals surface area (Å²) in [6.07, 6.45) is 5.10. The zero-order chi connectivity index (χ0) is 19.5. The van der Waals surface area contributed by atoms with Gasteiger partial charge in [-0.2, -0.15) is 0 Å². The third-order valence-corrected chi connectivity index (χ3v) is 6.33. The third kappa shape index (κ3) is 4.10. The lowest BCUT2D eigenvalue weighted by Crippen LogP contribution is -2.46. The maximum Gasteiger partial charge on any atom is 0.265 e. The van der Waals surface area contributed by atoms with Crippen LogP contribution in [0.15, 0.2) is 58.3 Å². The van der Waals surface area contributed by atoms with E-state index in [1.165, 1.54) is 18.2 Å². The van der Waals surface area contributed by atoms with E-state index in [1.807, 2.05) is 47.4 Å². The highest BCUT2D eigenvalue weighted by atomic mass is 35.5. The van der Waals surface area contributed by atoms with E-state index in [-0.39, 0.29) is 18.4 Å². The van der Waals surface area contributed by atoms with E-state index in [0.717, 1.165) is 42.1 Å². The van der Waals surface area contributed by atoms with Gasteiger partial charge in [0.05, 0.1) is 10.6 Å². The Bertz CT molecular complexity index is 920. The molecular weight excluding hydrogens is 392 g/mol. The first-order valence-electron chi connectivity index (χ1n) is 9.45. The predicted molar refractivity (Wildman–Crippen MR) is 115 cm³/mol. The Labute approximate surface area is 174 Å². The van der Waals surface area contributed by atoms with E-state index in [9.17, 15) is 9.59 Å². The number of hydrogen-bond acceptors (Lipinski definition) is 3. The van der Waals surface area contributed by atoms with Crippen molar-refractivity contribution < 1.29 is 9.59 Å². The fourth-order valence-corrected chi connectivity index (χ4v) is 4.69. The topological polar surface area (TPSA) is 40.6 Å². The van der Waals surface area contributed by atoms with Gasteiger partial charge in [-0.15, -0.1) is 0 Å². The number of para-hydroxylation sites is 1. The van der Waals surface area contributed by atoms with Gasteiger partial charge in [-0.25, -0.2) is 0 Å². The van der Waals surface area contributed by atoms with Gasteiger partial charge in [0.1, 0.15) is 6.54 Å². The molecule has 0 atom stereocenters. The zero-order valence-electron chi connectivity index (χ0n) is 15.4. The van der Waals surface area contributed by atoms with Crippen LogP contribution in [-0.4, -0.2) is 36.3 Å². The van der Waals surface area contributed by atoms with Crippen molar-refractivity contribution >= 4 is 46.9 Å². The van der Waals surface area contributed by atoms with Crippen molar-refractivity contribution in [2.45, 2.75) is 24.2 Å². The number of halogens is 1. The number of hydrogen-bond donors (Lipinski definition) is 0. The number of nitrogens with zero attached hydrogens (tertiary/aromatic N) is 2. The van der Waals surface area contributed by atoms with Gasteiger partial charge < -0.3 is 4.90 Å². The molecule has 0 unspecified atom stereocenters. The van der Waals surface area contributed by atoms with E-state index < -0.39 is 0 Å². The molecule has 6 heteroatoms. The summed E-state index contributed by atoms with van der Waals surface area (Å²) in [4.78, 5) is 31.1. The molecule has 4 nitrogen and oxygen atoms in total. The number of anilines is 1. The Morgan fingerprint density at radius 2 is 1.75 bits per heavy atom. The summed E-state index contributed by atoms with van der Waals surface area (Å²) in [6.45, 7) is 1.64. The molecule has 4 rings (SSSR count). The summed E-state index contributed by atoms with van der Waals surface area (Å²) < 4.78 is 0. The number of benzene rings is 2. The number of likely N-dealkylation sites (tertiary alicyclic amines) is 1. The summed E-state index contributed by atoms with van der Waals surface area (Å²) >= 11 is 7.40. The van der Waals surface area contributed by atoms with Crippen LogP contribution in [0.4, 0.5) is 5.69 Å². The van der Waals surface area contributed by atoms with Gasteiger partial charge in [-0.05, 0) is 55.2 Å². The largest absolute Gasteiger partial charge is 0.341 e. The molecule has 1 fully saturated rings. The van der Waals surface area contributed by atoms with E-state index in [2.05, 4.69) is 0 Å². The van der Waals surface area contributed by atoms with Crippen LogP contribution in [0.25, 0.3) is 6.08 Å². The van der Waals surface area contributed by atoms with Gasteiger partial charge >= 0.3 is 0 Å². The molecule has 0 N–H and O–H groups in total. The van der Waals surface area contributed by atoms with Crippen LogP contribution in [0.5, 0.6) is 0 Å². The number of carbonyl (C=O) groups is 2. The molecule has 0 aromatic heterocycles. The first-order valence-corrected chi connectivity index (χ1v) is 10.6. The Morgan fingerprint density at radius 1 is 1.04 bits per heavy atom. The number of rotatable bonds is 3. The standard InChI is InChI=1S/C22H21ClN2O2S/c23-17-10-8-16(9-11-17)14-20-22(27)25(18-6-2-3-7-19(18)28-20)15-21(26)24-12-4-1-5-13-24/h2-3,6-11,14H,1,4-5,12-13,15H2/b20-14-. The molecule has 0 spiro atoms. The number of fused-ring (bicyclic) bond motifs is 1. The molecular formula is C22H21ClN2O2S. The number of amides is 2.